The monoisotopic (exact) mass is 194 g/mol. The van der Waals surface area contributed by atoms with E-state index in [2.05, 4.69) is 29.4 Å². The first kappa shape index (κ1) is 10.9. The molecule has 0 aliphatic carbocycles. The molecule has 0 aliphatic heterocycles. The zero-order valence-corrected chi connectivity index (χ0v) is 8.99. The van der Waals surface area contributed by atoms with Crippen molar-refractivity contribution in [3.63, 3.8) is 0 Å². The van der Waals surface area contributed by atoms with Gasteiger partial charge in [-0.15, -0.1) is 5.10 Å². The van der Waals surface area contributed by atoms with Gasteiger partial charge in [-0.05, 0) is 37.9 Å². The molecule has 1 rings (SSSR count). The molecule has 14 heavy (non-hydrogen) atoms. The molecule has 1 aromatic rings. The molecule has 0 amide bonds. The van der Waals surface area contributed by atoms with Crippen molar-refractivity contribution in [1.29, 1.82) is 0 Å². The third-order valence-electron chi connectivity index (χ3n) is 2.39. The molecule has 1 heterocycles. The number of nitrogens with two attached hydrogens (primary N) is 1. The molecule has 78 valence electrons. The number of nitrogens with one attached hydrogen (secondary N) is 1. The number of hydrogen-bond donors (Lipinski definition) is 2. The first-order chi connectivity index (χ1) is 6.63. The molecule has 4 heteroatoms. The summed E-state index contributed by atoms with van der Waals surface area (Å²) in [6, 6.07) is 2.29. The highest BCUT2D eigenvalue weighted by Gasteiger charge is 2.10. The molecule has 0 saturated heterocycles. The molecule has 0 spiro atoms. The summed E-state index contributed by atoms with van der Waals surface area (Å²) in [6.45, 7) is 6.88. The first-order valence-corrected chi connectivity index (χ1v) is 4.89. The smallest absolute Gasteiger partial charge is 0.149 e. The van der Waals surface area contributed by atoms with Crippen molar-refractivity contribution < 1.29 is 0 Å². The van der Waals surface area contributed by atoms with Crippen LogP contribution in [0.3, 0.4) is 0 Å². The van der Waals surface area contributed by atoms with Gasteiger partial charge in [-0.3, -0.25) is 0 Å². The Morgan fingerprint density at radius 3 is 2.79 bits per heavy atom. The molecule has 0 aliphatic rings. The van der Waals surface area contributed by atoms with Crippen LogP contribution in [0.25, 0.3) is 0 Å². The van der Waals surface area contributed by atoms with Gasteiger partial charge in [-0.2, -0.15) is 5.10 Å². The fourth-order valence-electron chi connectivity index (χ4n) is 1.11. The van der Waals surface area contributed by atoms with Crippen LogP contribution in [-0.4, -0.2) is 22.8 Å². The van der Waals surface area contributed by atoms with Crippen LogP contribution in [0.15, 0.2) is 12.3 Å². The van der Waals surface area contributed by atoms with Crippen molar-refractivity contribution in [3.05, 3.63) is 17.8 Å². The van der Waals surface area contributed by atoms with E-state index < -0.39 is 0 Å². The molecule has 2 atom stereocenters. The van der Waals surface area contributed by atoms with E-state index in [1.807, 2.05) is 13.0 Å². The minimum Gasteiger partial charge on any atom is -0.366 e. The van der Waals surface area contributed by atoms with E-state index in [1.165, 1.54) is 0 Å². The van der Waals surface area contributed by atoms with E-state index in [1.54, 1.807) is 6.20 Å². The number of aromatic nitrogens is 2. The zero-order valence-electron chi connectivity index (χ0n) is 8.99. The molecule has 0 radical (unpaired) electrons. The SMILES string of the molecule is Cc1cnnc(NC(C)C(C)CN)c1. The Bertz CT molecular complexity index is 287. The average molecular weight is 194 g/mol. The molecule has 0 saturated carbocycles. The van der Waals surface area contributed by atoms with Gasteiger partial charge < -0.3 is 11.1 Å². The Hall–Kier alpha value is -1.16. The summed E-state index contributed by atoms with van der Waals surface area (Å²) in [7, 11) is 0. The highest BCUT2D eigenvalue weighted by atomic mass is 15.2. The minimum atomic E-state index is 0.316. The van der Waals surface area contributed by atoms with Gasteiger partial charge in [0.15, 0.2) is 0 Å². The molecule has 0 aromatic carbocycles. The molecule has 4 nitrogen and oxygen atoms in total. The summed E-state index contributed by atoms with van der Waals surface area (Å²) < 4.78 is 0. The summed E-state index contributed by atoms with van der Waals surface area (Å²) in [5.41, 5.74) is 6.69. The second-order valence-electron chi connectivity index (χ2n) is 3.76. The standard InChI is InChI=1S/C10H18N4/c1-7-4-10(14-12-6-7)13-9(3)8(2)5-11/h4,6,8-9H,5,11H2,1-3H3,(H,13,14). The second kappa shape index (κ2) is 4.91. The van der Waals surface area contributed by atoms with Gasteiger partial charge in [0.2, 0.25) is 0 Å². The summed E-state index contributed by atoms with van der Waals surface area (Å²) in [4.78, 5) is 0. The first-order valence-electron chi connectivity index (χ1n) is 4.89. The Balaban J connectivity index is 2.60. The maximum Gasteiger partial charge on any atom is 0.149 e. The molecule has 0 bridgehead atoms. The normalized spacial score (nSPS) is 14.9. The summed E-state index contributed by atoms with van der Waals surface area (Å²) in [6.07, 6.45) is 1.74. The number of nitrogens with zero attached hydrogens (tertiary/aromatic N) is 2. The van der Waals surface area contributed by atoms with Crippen LogP contribution in [-0.2, 0) is 0 Å². The Morgan fingerprint density at radius 1 is 1.50 bits per heavy atom. The lowest BCUT2D eigenvalue weighted by Gasteiger charge is -2.19. The van der Waals surface area contributed by atoms with Crippen molar-refractivity contribution in [1.82, 2.24) is 10.2 Å². The van der Waals surface area contributed by atoms with Crippen LogP contribution in [0.1, 0.15) is 19.4 Å². The topological polar surface area (TPSA) is 63.8 Å². The van der Waals surface area contributed by atoms with Gasteiger partial charge in [0, 0.05) is 6.04 Å². The number of hydrogen-bond acceptors (Lipinski definition) is 4. The number of rotatable bonds is 4. The van der Waals surface area contributed by atoms with Crippen molar-refractivity contribution in [2.45, 2.75) is 26.8 Å². The molecule has 0 fully saturated rings. The van der Waals surface area contributed by atoms with E-state index in [0.29, 0.717) is 18.5 Å². The van der Waals surface area contributed by atoms with Crippen LogP contribution in [0, 0.1) is 12.8 Å². The average Bonchev–Trinajstić information content (AvgIpc) is 2.16. The minimum absolute atomic E-state index is 0.316. The summed E-state index contributed by atoms with van der Waals surface area (Å²) in [5, 5.41) is 11.2. The molecule has 3 N–H and O–H groups in total. The highest BCUT2D eigenvalue weighted by Crippen LogP contribution is 2.09. The van der Waals surface area contributed by atoms with Crippen molar-refractivity contribution in [2.75, 3.05) is 11.9 Å². The molecular formula is C10H18N4. The van der Waals surface area contributed by atoms with Crippen LogP contribution in [0.2, 0.25) is 0 Å². The van der Waals surface area contributed by atoms with Gasteiger partial charge in [0.25, 0.3) is 0 Å². The number of aryl methyl sites for hydroxylation is 1. The maximum absolute atomic E-state index is 5.58. The van der Waals surface area contributed by atoms with E-state index in [9.17, 15) is 0 Å². The predicted molar refractivity (Wildman–Crippen MR) is 58.1 cm³/mol. The fraction of sp³-hybridized carbons (Fsp3) is 0.600. The van der Waals surface area contributed by atoms with E-state index in [-0.39, 0.29) is 0 Å². The third-order valence-corrected chi connectivity index (χ3v) is 2.39. The third kappa shape index (κ3) is 2.96. The highest BCUT2D eigenvalue weighted by molar-refractivity contribution is 5.36. The van der Waals surface area contributed by atoms with Crippen molar-refractivity contribution in [2.24, 2.45) is 11.7 Å². The van der Waals surface area contributed by atoms with Crippen LogP contribution < -0.4 is 11.1 Å². The lowest BCUT2D eigenvalue weighted by atomic mass is 10.0. The molecule has 2 unspecified atom stereocenters. The maximum atomic E-state index is 5.58. The van der Waals surface area contributed by atoms with Gasteiger partial charge >= 0.3 is 0 Å². The van der Waals surface area contributed by atoms with Crippen LogP contribution in [0.5, 0.6) is 0 Å². The Kier molecular flexibility index (Phi) is 3.83. The lowest BCUT2D eigenvalue weighted by molar-refractivity contribution is 0.519. The fourth-order valence-corrected chi connectivity index (χ4v) is 1.11. The quantitative estimate of drug-likeness (QED) is 0.755. The predicted octanol–water partition coefficient (Wildman–Crippen LogP) is 1.18. The summed E-state index contributed by atoms with van der Waals surface area (Å²) in [5.74, 6) is 1.25. The Morgan fingerprint density at radius 2 is 2.21 bits per heavy atom. The zero-order chi connectivity index (χ0) is 10.6. The van der Waals surface area contributed by atoms with Crippen molar-refractivity contribution in [3.8, 4) is 0 Å². The molecule has 1 aromatic heterocycles. The van der Waals surface area contributed by atoms with E-state index in [0.717, 1.165) is 11.4 Å². The van der Waals surface area contributed by atoms with Gasteiger partial charge in [-0.25, -0.2) is 0 Å². The largest absolute Gasteiger partial charge is 0.366 e. The Labute approximate surface area is 84.9 Å². The van der Waals surface area contributed by atoms with Crippen LogP contribution >= 0.6 is 0 Å². The van der Waals surface area contributed by atoms with Gasteiger partial charge in [0.05, 0.1) is 6.20 Å². The van der Waals surface area contributed by atoms with E-state index in [4.69, 9.17) is 5.73 Å². The van der Waals surface area contributed by atoms with Crippen molar-refractivity contribution >= 4 is 5.82 Å². The molecular weight excluding hydrogens is 176 g/mol. The summed E-state index contributed by atoms with van der Waals surface area (Å²) >= 11 is 0. The van der Waals surface area contributed by atoms with Crippen LogP contribution in [0.4, 0.5) is 5.82 Å². The van der Waals surface area contributed by atoms with Gasteiger partial charge in [-0.1, -0.05) is 6.92 Å². The van der Waals surface area contributed by atoms with E-state index >= 15 is 0 Å². The number of anilines is 1. The second-order valence-corrected chi connectivity index (χ2v) is 3.76. The van der Waals surface area contributed by atoms with Gasteiger partial charge in [0.1, 0.15) is 5.82 Å². The lowest BCUT2D eigenvalue weighted by Crippen LogP contribution is -2.29.